The lowest BCUT2D eigenvalue weighted by atomic mass is 10.2. The highest BCUT2D eigenvalue weighted by atomic mass is 32.2. The smallest absolute Gasteiger partial charge is 0.263 e. The predicted molar refractivity (Wildman–Crippen MR) is 74.0 cm³/mol. The van der Waals surface area contributed by atoms with Crippen molar-refractivity contribution >= 4 is 21.5 Å². The second-order valence-corrected chi connectivity index (χ2v) is 5.77. The van der Waals surface area contributed by atoms with Gasteiger partial charge in [0.15, 0.2) is 0 Å². The maximum atomic E-state index is 13.0. The van der Waals surface area contributed by atoms with Crippen molar-refractivity contribution in [2.45, 2.75) is 11.8 Å². The van der Waals surface area contributed by atoms with E-state index in [-0.39, 0.29) is 4.90 Å². The van der Waals surface area contributed by atoms with E-state index in [2.05, 4.69) is 15.1 Å². The minimum atomic E-state index is -3.78. The number of sulfonamides is 1. The van der Waals surface area contributed by atoms with Crippen LogP contribution in [0.5, 0.6) is 0 Å². The second kappa shape index (κ2) is 5.43. The third-order valence-corrected chi connectivity index (χ3v) is 3.98. The number of pyridine rings is 1. The predicted octanol–water partition coefficient (Wildman–Crippen LogP) is 1.62. The molecule has 8 heteroatoms. The van der Waals surface area contributed by atoms with Crippen LogP contribution >= 0.6 is 0 Å². The highest BCUT2D eigenvalue weighted by Gasteiger charge is 2.15. The molecule has 0 fully saturated rings. The Morgan fingerprint density at radius 2 is 2.00 bits per heavy atom. The minimum absolute atomic E-state index is 0.0137. The first-order valence-electron chi connectivity index (χ1n) is 5.64. The summed E-state index contributed by atoms with van der Waals surface area (Å²) in [4.78, 5) is 3.81. The van der Waals surface area contributed by atoms with Gasteiger partial charge in [-0.2, -0.15) is 0 Å². The van der Waals surface area contributed by atoms with Crippen LogP contribution < -0.4 is 16.0 Å². The number of hydrogen-bond acceptors (Lipinski definition) is 5. The van der Waals surface area contributed by atoms with Crippen LogP contribution in [0.15, 0.2) is 41.4 Å². The van der Waals surface area contributed by atoms with E-state index in [1.165, 1.54) is 36.5 Å². The molecule has 0 bridgehead atoms. The number of benzene rings is 1. The highest BCUT2D eigenvalue weighted by molar-refractivity contribution is 7.92. The van der Waals surface area contributed by atoms with Crippen LogP contribution in [0.2, 0.25) is 0 Å². The highest BCUT2D eigenvalue weighted by Crippen LogP contribution is 2.20. The molecular weight excluding hydrogens is 283 g/mol. The van der Waals surface area contributed by atoms with Gasteiger partial charge in [-0.25, -0.2) is 23.6 Å². The lowest BCUT2D eigenvalue weighted by Crippen LogP contribution is -2.15. The fourth-order valence-corrected chi connectivity index (χ4v) is 2.64. The molecule has 106 valence electrons. The van der Waals surface area contributed by atoms with Crippen molar-refractivity contribution in [1.29, 1.82) is 0 Å². The molecule has 0 aliphatic rings. The van der Waals surface area contributed by atoms with Gasteiger partial charge in [0.2, 0.25) is 0 Å². The van der Waals surface area contributed by atoms with Gasteiger partial charge in [-0.15, -0.1) is 0 Å². The third-order valence-electron chi connectivity index (χ3n) is 2.63. The summed E-state index contributed by atoms with van der Waals surface area (Å²) in [6, 6.07) is 6.60. The van der Waals surface area contributed by atoms with Gasteiger partial charge in [0.1, 0.15) is 16.5 Å². The van der Waals surface area contributed by atoms with Gasteiger partial charge in [0.25, 0.3) is 10.0 Å². The molecule has 2 aromatic rings. The summed E-state index contributed by atoms with van der Waals surface area (Å²) >= 11 is 0. The Balaban J connectivity index is 2.30. The van der Waals surface area contributed by atoms with E-state index >= 15 is 0 Å². The first kappa shape index (κ1) is 14.2. The van der Waals surface area contributed by atoms with Crippen molar-refractivity contribution in [2.24, 2.45) is 5.84 Å². The van der Waals surface area contributed by atoms with Gasteiger partial charge >= 0.3 is 0 Å². The van der Waals surface area contributed by atoms with Gasteiger partial charge in [-0.3, -0.25) is 4.72 Å². The minimum Gasteiger partial charge on any atom is -0.308 e. The number of nitrogens with two attached hydrogens (primary N) is 1. The zero-order valence-corrected chi connectivity index (χ0v) is 11.4. The molecule has 0 saturated carbocycles. The topological polar surface area (TPSA) is 97.1 Å². The molecule has 4 N–H and O–H groups in total. The Morgan fingerprint density at radius 3 is 2.55 bits per heavy atom. The normalized spacial score (nSPS) is 11.2. The monoisotopic (exact) mass is 296 g/mol. The molecule has 1 aromatic heterocycles. The second-order valence-electron chi connectivity index (χ2n) is 4.09. The van der Waals surface area contributed by atoms with Gasteiger partial charge in [0.05, 0.1) is 5.69 Å². The van der Waals surface area contributed by atoms with E-state index in [0.717, 1.165) is 0 Å². The van der Waals surface area contributed by atoms with Crippen LogP contribution in [0.4, 0.5) is 15.9 Å². The van der Waals surface area contributed by atoms with Crippen molar-refractivity contribution in [3.05, 3.63) is 47.9 Å². The number of nitrogen functional groups attached to an aromatic ring is 1. The van der Waals surface area contributed by atoms with E-state index in [9.17, 15) is 12.8 Å². The Hall–Kier alpha value is -2.19. The van der Waals surface area contributed by atoms with Gasteiger partial charge in [-0.05, 0) is 42.8 Å². The molecule has 0 saturated heterocycles. The molecule has 1 aromatic carbocycles. The molecule has 2 rings (SSSR count). The van der Waals surface area contributed by atoms with Crippen LogP contribution in [-0.4, -0.2) is 13.4 Å². The standard InChI is InChI=1S/C12H13FN4O2S/c1-8-6-9(13)2-4-11(8)17-20(18,19)10-3-5-12(16-14)15-7-10/h2-7,17H,14H2,1H3,(H,15,16). The summed E-state index contributed by atoms with van der Waals surface area (Å²) in [5.74, 6) is 5.08. The molecule has 0 aliphatic carbocycles. The van der Waals surface area contributed by atoms with Crippen LogP contribution in [0, 0.1) is 12.7 Å². The molecule has 0 radical (unpaired) electrons. The number of halogens is 1. The number of nitrogens with zero attached hydrogens (tertiary/aromatic N) is 1. The number of aryl methyl sites for hydroxylation is 1. The number of rotatable bonds is 4. The van der Waals surface area contributed by atoms with E-state index < -0.39 is 15.8 Å². The zero-order valence-electron chi connectivity index (χ0n) is 10.6. The fourth-order valence-electron chi connectivity index (χ4n) is 1.57. The largest absolute Gasteiger partial charge is 0.308 e. The number of nitrogens with one attached hydrogen (secondary N) is 2. The van der Waals surface area contributed by atoms with Crippen molar-refractivity contribution in [3.8, 4) is 0 Å². The fraction of sp³-hybridized carbons (Fsp3) is 0.0833. The van der Waals surface area contributed by atoms with Crippen LogP contribution in [0.25, 0.3) is 0 Å². The Kier molecular flexibility index (Phi) is 3.86. The Labute approximate surface area is 115 Å². The van der Waals surface area contributed by atoms with Crippen molar-refractivity contribution < 1.29 is 12.8 Å². The lowest BCUT2D eigenvalue weighted by molar-refractivity contribution is 0.600. The van der Waals surface area contributed by atoms with Gasteiger partial charge in [0, 0.05) is 6.20 Å². The average molecular weight is 296 g/mol. The lowest BCUT2D eigenvalue weighted by Gasteiger charge is -2.10. The molecular formula is C12H13FN4O2S. The van der Waals surface area contributed by atoms with E-state index in [4.69, 9.17) is 5.84 Å². The molecule has 0 atom stereocenters. The quantitative estimate of drug-likeness (QED) is 0.588. The molecule has 0 aliphatic heterocycles. The molecule has 1 heterocycles. The SMILES string of the molecule is Cc1cc(F)ccc1NS(=O)(=O)c1ccc(NN)nc1. The summed E-state index contributed by atoms with van der Waals surface area (Å²) in [7, 11) is -3.78. The number of hydrogen-bond donors (Lipinski definition) is 3. The van der Waals surface area contributed by atoms with Gasteiger partial charge in [-0.1, -0.05) is 0 Å². The number of aromatic nitrogens is 1. The molecule has 0 unspecified atom stereocenters. The Morgan fingerprint density at radius 1 is 1.25 bits per heavy atom. The van der Waals surface area contributed by atoms with Crippen molar-refractivity contribution in [1.82, 2.24) is 4.98 Å². The van der Waals surface area contributed by atoms with Crippen LogP contribution in [0.3, 0.4) is 0 Å². The van der Waals surface area contributed by atoms with Crippen LogP contribution in [-0.2, 0) is 10.0 Å². The summed E-state index contributed by atoms with van der Waals surface area (Å²) in [5, 5.41) is 0. The number of anilines is 2. The van der Waals surface area contributed by atoms with Gasteiger partial charge < -0.3 is 5.43 Å². The third kappa shape index (κ3) is 3.03. The van der Waals surface area contributed by atoms with E-state index in [1.54, 1.807) is 6.92 Å². The molecule has 6 nitrogen and oxygen atoms in total. The van der Waals surface area contributed by atoms with Crippen LogP contribution in [0.1, 0.15) is 5.56 Å². The summed E-state index contributed by atoms with van der Waals surface area (Å²) in [5.41, 5.74) is 3.10. The molecule has 0 spiro atoms. The zero-order chi connectivity index (χ0) is 14.8. The first-order valence-corrected chi connectivity index (χ1v) is 7.12. The van der Waals surface area contributed by atoms with Crippen molar-refractivity contribution in [3.63, 3.8) is 0 Å². The molecule has 20 heavy (non-hydrogen) atoms. The van der Waals surface area contributed by atoms with E-state index in [1.807, 2.05) is 0 Å². The average Bonchev–Trinajstić information content (AvgIpc) is 2.42. The summed E-state index contributed by atoms with van der Waals surface area (Å²) in [6.45, 7) is 1.61. The maximum absolute atomic E-state index is 13.0. The number of hydrazine groups is 1. The summed E-state index contributed by atoms with van der Waals surface area (Å²) in [6.07, 6.45) is 1.18. The molecule has 0 amide bonds. The maximum Gasteiger partial charge on any atom is 0.263 e. The summed E-state index contributed by atoms with van der Waals surface area (Å²) < 4.78 is 39.6. The Bertz CT molecular complexity index is 717. The first-order chi connectivity index (χ1) is 9.42. The van der Waals surface area contributed by atoms with Crippen molar-refractivity contribution in [2.75, 3.05) is 10.1 Å². The van der Waals surface area contributed by atoms with E-state index in [0.29, 0.717) is 17.1 Å².